The van der Waals surface area contributed by atoms with Gasteiger partial charge in [0.15, 0.2) is 0 Å². The molecule has 0 amide bonds. The van der Waals surface area contributed by atoms with E-state index in [0.717, 1.165) is 32.1 Å². The van der Waals surface area contributed by atoms with E-state index in [4.69, 9.17) is 9.05 Å². The van der Waals surface area contributed by atoms with Crippen molar-refractivity contribution in [3.8, 4) is 0 Å². The summed E-state index contributed by atoms with van der Waals surface area (Å²) in [7, 11) is -1.13. The molecule has 0 aromatic carbocycles. The fourth-order valence-electron chi connectivity index (χ4n) is 2.61. The van der Waals surface area contributed by atoms with Gasteiger partial charge < -0.3 is 14.4 Å². The number of hydrogen-bond acceptors (Lipinski definition) is 4. The van der Waals surface area contributed by atoms with Gasteiger partial charge in [0.25, 0.3) is 8.53 Å². The van der Waals surface area contributed by atoms with Crippen molar-refractivity contribution in [3.05, 3.63) is 24.8 Å². The van der Waals surface area contributed by atoms with Gasteiger partial charge in [0.1, 0.15) is 0 Å². The number of allylic oxidation sites excluding steroid dienone is 2. The van der Waals surface area contributed by atoms with Crippen LogP contribution in [0.3, 0.4) is 0 Å². The minimum absolute atomic E-state index is 0.314. The highest BCUT2D eigenvalue weighted by Gasteiger charge is 2.27. The van der Waals surface area contributed by atoms with Crippen LogP contribution < -0.4 is 5.32 Å². The monoisotopic (exact) mass is 426 g/mol. The Morgan fingerprint density at radius 2 is 1.61 bits per heavy atom. The van der Waals surface area contributed by atoms with Gasteiger partial charge in [0, 0.05) is 12.1 Å². The first-order valence-corrected chi connectivity index (χ1v) is 11.2. The lowest BCUT2D eigenvalue weighted by atomic mass is 10.2. The van der Waals surface area contributed by atoms with E-state index in [9.17, 15) is 13.2 Å². The molecule has 4 nitrogen and oxygen atoms in total. The molecule has 0 fully saturated rings. The van der Waals surface area contributed by atoms with Crippen LogP contribution in [-0.4, -0.2) is 49.2 Å². The molecule has 1 unspecified atom stereocenters. The topological polar surface area (TPSA) is 33.7 Å². The summed E-state index contributed by atoms with van der Waals surface area (Å²) in [5, 5.41) is 2.42. The van der Waals surface area contributed by atoms with E-state index in [-0.39, 0.29) is 0 Å². The Morgan fingerprint density at radius 3 is 2.18 bits per heavy atom. The summed E-state index contributed by atoms with van der Waals surface area (Å²) < 4.78 is 50.5. The summed E-state index contributed by atoms with van der Waals surface area (Å²) in [6.07, 6.45) is 5.77. The van der Waals surface area contributed by atoms with Crippen molar-refractivity contribution < 1.29 is 22.2 Å². The van der Waals surface area contributed by atoms with Gasteiger partial charge in [-0.2, -0.15) is 13.2 Å². The van der Waals surface area contributed by atoms with Crippen LogP contribution in [0.15, 0.2) is 24.8 Å². The number of nitrogens with zero attached hydrogens (tertiary/aromatic N) is 1. The highest BCUT2D eigenvalue weighted by molar-refractivity contribution is 7.44. The van der Waals surface area contributed by atoms with Crippen molar-refractivity contribution in [1.82, 2.24) is 9.99 Å². The third-order valence-corrected chi connectivity index (χ3v) is 5.89. The third kappa shape index (κ3) is 15.5. The Balaban J connectivity index is 4.15. The number of unbranched alkanes of at least 4 members (excludes halogenated alkanes) is 3. The number of alkyl halides is 3. The van der Waals surface area contributed by atoms with Crippen molar-refractivity contribution in [2.75, 3.05) is 26.3 Å². The molecule has 0 heterocycles. The van der Waals surface area contributed by atoms with Gasteiger partial charge in [-0.1, -0.05) is 37.6 Å². The van der Waals surface area contributed by atoms with Crippen LogP contribution in [0, 0.1) is 0 Å². The molecular weight excluding hydrogens is 388 g/mol. The summed E-state index contributed by atoms with van der Waals surface area (Å²) in [4.78, 5) is 0. The largest absolute Gasteiger partial charge is 0.401 e. The highest BCUT2D eigenvalue weighted by atomic mass is 31.2. The minimum atomic E-state index is -4.13. The molecule has 0 radical (unpaired) electrons. The molecule has 0 saturated carbocycles. The second-order valence-electron chi connectivity index (χ2n) is 7.13. The van der Waals surface area contributed by atoms with Crippen LogP contribution in [0.2, 0.25) is 0 Å². The summed E-state index contributed by atoms with van der Waals surface area (Å²) >= 11 is 0. The molecule has 1 atom stereocenters. The van der Waals surface area contributed by atoms with Crippen molar-refractivity contribution in [1.29, 1.82) is 0 Å². The molecule has 0 spiro atoms. The zero-order valence-electron chi connectivity index (χ0n) is 17.8. The zero-order valence-corrected chi connectivity index (χ0v) is 18.7. The van der Waals surface area contributed by atoms with E-state index in [1.807, 2.05) is 12.2 Å². The molecule has 8 heteroatoms. The molecule has 0 aromatic heterocycles. The molecule has 0 bridgehead atoms. The molecule has 166 valence electrons. The highest BCUT2D eigenvalue weighted by Crippen LogP contribution is 2.46. The maximum Gasteiger partial charge on any atom is 0.401 e. The zero-order chi connectivity index (χ0) is 21.4. The molecule has 28 heavy (non-hydrogen) atoms. The maximum atomic E-state index is 12.0. The summed E-state index contributed by atoms with van der Waals surface area (Å²) in [6.45, 7) is 12.8. The van der Waals surface area contributed by atoms with Gasteiger partial charge in [0.05, 0.1) is 19.8 Å². The average Bonchev–Trinajstić information content (AvgIpc) is 2.58. The first kappa shape index (κ1) is 27.5. The van der Waals surface area contributed by atoms with Gasteiger partial charge in [-0.25, -0.2) is 4.67 Å². The Morgan fingerprint density at radius 1 is 1.00 bits per heavy atom. The van der Waals surface area contributed by atoms with Crippen LogP contribution in [0.1, 0.15) is 59.8 Å². The minimum Gasteiger partial charge on any atom is -0.322 e. The van der Waals surface area contributed by atoms with Crippen LogP contribution >= 0.6 is 8.53 Å². The third-order valence-electron chi connectivity index (χ3n) is 3.78. The van der Waals surface area contributed by atoms with Crippen LogP contribution in [0.5, 0.6) is 0 Å². The Kier molecular flexibility index (Phi) is 16.1. The smallest absolute Gasteiger partial charge is 0.322 e. The normalized spacial score (nSPS) is 13.9. The number of nitrogens with one attached hydrogen (secondary N) is 1. The van der Waals surface area contributed by atoms with E-state index < -0.39 is 21.2 Å². The first-order chi connectivity index (χ1) is 13.2. The number of hydrogen-bond donors (Lipinski definition) is 1. The SMILES string of the molecule is C=C/C=C\CCOP(OCCCCCCNCC(F)(F)F)N(C(C)C)C(C)C. The maximum absolute atomic E-state index is 12.0. The molecule has 0 rings (SSSR count). The van der Waals surface area contributed by atoms with Crippen molar-refractivity contribution in [2.45, 2.75) is 78.1 Å². The second kappa shape index (κ2) is 16.3. The molecule has 0 aliphatic rings. The lowest BCUT2D eigenvalue weighted by molar-refractivity contribution is -0.124. The van der Waals surface area contributed by atoms with Crippen LogP contribution in [-0.2, 0) is 9.05 Å². The molecule has 0 aliphatic carbocycles. The summed E-state index contributed by atoms with van der Waals surface area (Å²) in [5.41, 5.74) is 0. The van der Waals surface area contributed by atoms with Gasteiger partial charge in [-0.15, -0.1) is 0 Å². The first-order valence-electron chi connectivity index (χ1n) is 10.1. The van der Waals surface area contributed by atoms with Crippen molar-refractivity contribution >= 4 is 8.53 Å². The lowest BCUT2D eigenvalue weighted by Crippen LogP contribution is -2.33. The molecule has 1 N–H and O–H groups in total. The summed E-state index contributed by atoms with van der Waals surface area (Å²) in [5.74, 6) is 0. The molecule has 0 aliphatic heterocycles. The number of halogens is 3. The Labute approximate surface area is 170 Å². The lowest BCUT2D eigenvalue weighted by Gasteiger charge is -2.35. The van der Waals surface area contributed by atoms with Gasteiger partial charge in [-0.3, -0.25) is 0 Å². The van der Waals surface area contributed by atoms with E-state index in [1.54, 1.807) is 6.08 Å². The molecule has 0 aromatic rings. The fraction of sp³-hybridized carbons (Fsp3) is 0.800. The van der Waals surface area contributed by atoms with Gasteiger partial charge in [-0.05, 0) is 53.5 Å². The Bertz CT molecular complexity index is 411. The predicted octanol–water partition coefficient (Wildman–Crippen LogP) is 6.21. The van der Waals surface area contributed by atoms with Crippen LogP contribution in [0.25, 0.3) is 0 Å². The second-order valence-corrected chi connectivity index (χ2v) is 8.58. The van der Waals surface area contributed by atoms with Crippen LogP contribution in [0.4, 0.5) is 13.2 Å². The molecule has 0 saturated heterocycles. The summed E-state index contributed by atoms with van der Waals surface area (Å²) in [6, 6.07) is 0.629. The van der Waals surface area contributed by atoms with E-state index >= 15 is 0 Å². The fourth-order valence-corrected chi connectivity index (χ4v) is 4.26. The van der Waals surface area contributed by atoms with Gasteiger partial charge in [0.2, 0.25) is 0 Å². The van der Waals surface area contributed by atoms with E-state index in [0.29, 0.717) is 31.8 Å². The average molecular weight is 427 g/mol. The Hall–Kier alpha value is -0.460. The van der Waals surface area contributed by atoms with E-state index in [2.05, 4.69) is 44.3 Å². The standard InChI is InChI=1S/C20H38F3N2O2P/c1-6-7-8-12-15-26-28(25(18(2)3)19(4)5)27-16-13-10-9-11-14-24-17-20(21,22)23/h6-8,18-19,24H,1,9-17H2,2-5H3/b8-7-. The predicted molar refractivity (Wildman–Crippen MR) is 112 cm³/mol. The number of rotatable bonds is 17. The van der Waals surface area contributed by atoms with Crippen molar-refractivity contribution in [3.63, 3.8) is 0 Å². The van der Waals surface area contributed by atoms with Gasteiger partial charge >= 0.3 is 6.18 Å². The quantitative estimate of drug-likeness (QED) is 0.170. The molecular formula is C20H38F3N2O2P. The van der Waals surface area contributed by atoms with Crippen molar-refractivity contribution in [2.24, 2.45) is 0 Å². The van der Waals surface area contributed by atoms with E-state index in [1.165, 1.54) is 0 Å².